The Morgan fingerprint density at radius 1 is 1.19 bits per heavy atom. The Labute approximate surface area is 183 Å². The highest BCUT2D eigenvalue weighted by Crippen LogP contribution is 2.29. The predicted molar refractivity (Wildman–Crippen MR) is 107 cm³/mol. The van der Waals surface area contributed by atoms with Crippen molar-refractivity contribution >= 4 is 29.9 Å². The van der Waals surface area contributed by atoms with Crippen molar-refractivity contribution in [2.75, 3.05) is 19.8 Å². The van der Waals surface area contributed by atoms with Crippen molar-refractivity contribution in [3.8, 4) is 0 Å². The summed E-state index contributed by atoms with van der Waals surface area (Å²) in [6, 6.07) is 0.960. The summed E-state index contributed by atoms with van der Waals surface area (Å²) in [5.74, 6) is -1.35. The number of amides is 5. The van der Waals surface area contributed by atoms with E-state index in [0.29, 0.717) is 11.5 Å². The lowest BCUT2D eigenvalue weighted by atomic mass is 10.0. The molecule has 2 aliphatic heterocycles. The average molecular weight is 448 g/mol. The summed E-state index contributed by atoms with van der Waals surface area (Å²) in [4.78, 5) is 62.0. The van der Waals surface area contributed by atoms with Crippen LogP contribution >= 0.6 is 0 Å². The number of aryl methyl sites for hydroxylation is 1. The largest absolute Gasteiger partial charge is 0.464 e. The number of furan rings is 1. The minimum absolute atomic E-state index is 0.00265. The molecule has 5 amide bonds. The number of esters is 2. The minimum atomic E-state index is -1.13. The van der Waals surface area contributed by atoms with Gasteiger partial charge in [-0.3, -0.25) is 14.5 Å². The highest BCUT2D eigenvalue weighted by molar-refractivity contribution is 6.08. The van der Waals surface area contributed by atoms with Gasteiger partial charge in [-0.2, -0.15) is 0 Å². The summed E-state index contributed by atoms with van der Waals surface area (Å²) < 4.78 is 15.8. The second-order valence-corrected chi connectivity index (χ2v) is 7.70. The van der Waals surface area contributed by atoms with Gasteiger partial charge in [0.2, 0.25) is 0 Å². The fourth-order valence-electron chi connectivity index (χ4n) is 3.29. The molecular weight excluding hydrogens is 424 g/mol. The summed E-state index contributed by atoms with van der Waals surface area (Å²) >= 11 is 0. The molecule has 2 aliphatic rings. The summed E-state index contributed by atoms with van der Waals surface area (Å²) in [5, 5.41) is 7.48. The van der Waals surface area contributed by atoms with Crippen LogP contribution in [0.3, 0.4) is 0 Å². The summed E-state index contributed by atoms with van der Waals surface area (Å²) in [7, 11) is 0. The number of carbonyl (C=O) groups is 5. The second-order valence-electron chi connectivity index (χ2n) is 7.70. The molecule has 0 spiro atoms. The predicted octanol–water partition coefficient (Wildman–Crippen LogP) is 0.633. The van der Waals surface area contributed by atoms with Gasteiger partial charge in [0.1, 0.15) is 36.3 Å². The van der Waals surface area contributed by atoms with Gasteiger partial charge in [0.25, 0.3) is 5.91 Å². The maximum Gasteiger partial charge on any atom is 0.338 e. The first-order valence-electron chi connectivity index (χ1n) is 9.87. The molecule has 3 N–H and O–H groups in total. The highest BCUT2D eigenvalue weighted by Gasteiger charge is 2.45. The topological polar surface area (TPSA) is 156 Å². The monoisotopic (exact) mass is 448 g/mol. The van der Waals surface area contributed by atoms with Crippen molar-refractivity contribution in [2.45, 2.75) is 39.3 Å². The minimum Gasteiger partial charge on any atom is -0.464 e. The molecule has 1 aromatic rings. The molecule has 0 saturated carbocycles. The number of hydrogen-bond acceptors (Lipinski definition) is 8. The van der Waals surface area contributed by atoms with Gasteiger partial charge in [0.05, 0.1) is 17.9 Å². The van der Waals surface area contributed by atoms with Gasteiger partial charge in [0.15, 0.2) is 0 Å². The van der Waals surface area contributed by atoms with Crippen LogP contribution in [0.2, 0.25) is 0 Å². The molecule has 172 valence electrons. The standard InChI is InChI=1S/C20H24N4O8/c1-5-30-16(26)14-11(21-18(28)22-15(14)12-7-6-10(2)32-12)9-31-13(25)8-24-17(27)20(3,4)23-19(24)29/h6-7,15H,5,8-9H2,1-4H3,(H,23,29)(H2,21,22,28). The van der Waals surface area contributed by atoms with Crippen LogP contribution in [0.25, 0.3) is 0 Å². The molecule has 3 rings (SSSR count). The molecule has 0 aromatic carbocycles. The molecule has 12 nitrogen and oxygen atoms in total. The fourth-order valence-corrected chi connectivity index (χ4v) is 3.29. The first-order chi connectivity index (χ1) is 15.0. The van der Waals surface area contributed by atoms with Crippen LogP contribution in [0, 0.1) is 6.92 Å². The third-order valence-electron chi connectivity index (χ3n) is 4.80. The maximum atomic E-state index is 12.6. The van der Waals surface area contributed by atoms with Crippen molar-refractivity contribution in [2.24, 2.45) is 0 Å². The Morgan fingerprint density at radius 2 is 1.91 bits per heavy atom. The SMILES string of the molecule is CCOC(=O)C1=C(COC(=O)CN2C(=O)NC(C)(C)C2=O)NC(=O)NC1c1ccc(C)o1. The van der Waals surface area contributed by atoms with Gasteiger partial charge in [-0.1, -0.05) is 0 Å². The van der Waals surface area contributed by atoms with E-state index in [4.69, 9.17) is 13.9 Å². The number of ether oxygens (including phenoxy) is 2. The normalized spacial score (nSPS) is 19.9. The lowest BCUT2D eigenvalue weighted by molar-refractivity contribution is -0.147. The lowest BCUT2D eigenvalue weighted by Crippen LogP contribution is -2.47. The van der Waals surface area contributed by atoms with Crippen LogP contribution in [0.1, 0.15) is 38.3 Å². The molecule has 1 atom stereocenters. The quantitative estimate of drug-likeness (QED) is 0.405. The number of urea groups is 2. The number of rotatable bonds is 7. The van der Waals surface area contributed by atoms with Gasteiger partial charge in [-0.15, -0.1) is 0 Å². The molecule has 1 saturated heterocycles. The number of nitrogens with zero attached hydrogens (tertiary/aromatic N) is 1. The smallest absolute Gasteiger partial charge is 0.338 e. The zero-order valence-electron chi connectivity index (χ0n) is 18.1. The maximum absolute atomic E-state index is 12.6. The molecule has 0 aliphatic carbocycles. The Bertz CT molecular complexity index is 1010. The molecule has 1 unspecified atom stereocenters. The van der Waals surface area contributed by atoms with E-state index in [9.17, 15) is 24.0 Å². The molecule has 32 heavy (non-hydrogen) atoms. The molecule has 3 heterocycles. The first-order valence-corrected chi connectivity index (χ1v) is 9.87. The van der Waals surface area contributed by atoms with Crippen molar-refractivity contribution in [3.05, 3.63) is 34.9 Å². The van der Waals surface area contributed by atoms with E-state index in [1.807, 2.05) is 0 Å². The van der Waals surface area contributed by atoms with Crippen LogP contribution in [0.15, 0.2) is 27.8 Å². The van der Waals surface area contributed by atoms with Gasteiger partial charge in [-0.25, -0.2) is 14.4 Å². The van der Waals surface area contributed by atoms with Gasteiger partial charge in [-0.05, 0) is 39.8 Å². The summed E-state index contributed by atoms with van der Waals surface area (Å²) in [6.07, 6.45) is 0. The van der Waals surface area contributed by atoms with Crippen LogP contribution < -0.4 is 16.0 Å². The Hall–Kier alpha value is -3.83. The first kappa shape index (κ1) is 22.8. The van der Waals surface area contributed by atoms with E-state index < -0.39 is 54.6 Å². The van der Waals surface area contributed by atoms with Crippen molar-refractivity contribution < 1.29 is 37.9 Å². The number of nitrogens with one attached hydrogen (secondary N) is 3. The van der Waals surface area contributed by atoms with Gasteiger partial charge >= 0.3 is 24.0 Å². The van der Waals surface area contributed by atoms with Crippen LogP contribution in [0.5, 0.6) is 0 Å². The Balaban J connectivity index is 1.80. The van der Waals surface area contributed by atoms with Crippen LogP contribution in [-0.2, 0) is 23.9 Å². The number of carbonyl (C=O) groups excluding carboxylic acids is 5. The van der Waals surface area contributed by atoms with E-state index in [0.717, 1.165) is 4.90 Å². The average Bonchev–Trinajstić information content (AvgIpc) is 3.22. The summed E-state index contributed by atoms with van der Waals surface area (Å²) in [5.41, 5.74) is -1.13. The van der Waals surface area contributed by atoms with Crippen LogP contribution in [-0.4, -0.2) is 60.1 Å². The molecule has 1 aromatic heterocycles. The number of imide groups is 1. The second kappa shape index (κ2) is 8.73. The van der Waals surface area contributed by atoms with Gasteiger partial charge in [0, 0.05) is 0 Å². The zero-order valence-corrected chi connectivity index (χ0v) is 18.1. The Kier molecular flexibility index (Phi) is 6.23. The molecule has 0 radical (unpaired) electrons. The molecular formula is C20H24N4O8. The van der Waals surface area contributed by atoms with Crippen molar-refractivity contribution in [1.29, 1.82) is 0 Å². The third kappa shape index (κ3) is 4.58. The van der Waals surface area contributed by atoms with Crippen LogP contribution in [0.4, 0.5) is 9.59 Å². The van der Waals surface area contributed by atoms with Crippen molar-refractivity contribution in [3.63, 3.8) is 0 Å². The van der Waals surface area contributed by atoms with E-state index in [2.05, 4.69) is 16.0 Å². The zero-order chi connectivity index (χ0) is 23.6. The number of hydrogen-bond donors (Lipinski definition) is 3. The molecule has 12 heteroatoms. The van der Waals surface area contributed by atoms with E-state index in [1.165, 1.54) is 13.8 Å². The molecule has 0 bridgehead atoms. The fraction of sp³-hybridized carbons (Fsp3) is 0.450. The van der Waals surface area contributed by atoms with E-state index in [-0.39, 0.29) is 17.9 Å². The molecule has 1 fully saturated rings. The van der Waals surface area contributed by atoms with E-state index in [1.54, 1.807) is 26.0 Å². The van der Waals surface area contributed by atoms with E-state index >= 15 is 0 Å². The lowest BCUT2D eigenvalue weighted by Gasteiger charge is -2.27. The summed E-state index contributed by atoms with van der Waals surface area (Å²) in [6.45, 7) is 5.31. The Morgan fingerprint density at radius 3 is 2.47 bits per heavy atom. The van der Waals surface area contributed by atoms with Gasteiger partial charge < -0.3 is 29.8 Å². The van der Waals surface area contributed by atoms with Crippen molar-refractivity contribution in [1.82, 2.24) is 20.9 Å². The third-order valence-corrected chi connectivity index (χ3v) is 4.80. The highest BCUT2D eigenvalue weighted by atomic mass is 16.5.